The van der Waals surface area contributed by atoms with Crippen LogP contribution in [0.2, 0.25) is 0 Å². The van der Waals surface area contributed by atoms with E-state index in [-0.39, 0.29) is 21.6 Å². The number of nitrogens with zero attached hydrogens (tertiary/aromatic N) is 2. The third-order valence-corrected chi connectivity index (χ3v) is 10.3. The number of benzene rings is 4. The molecular formula is C31H32N4O6S2. The highest BCUT2D eigenvalue weighted by atomic mass is 32.2. The number of rotatable bonds is 12. The molecule has 0 heterocycles. The van der Waals surface area contributed by atoms with Crippen molar-refractivity contribution in [3.63, 3.8) is 0 Å². The van der Waals surface area contributed by atoms with Gasteiger partial charge in [-0.05, 0) is 79.2 Å². The fourth-order valence-corrected chi connectivity index (χ4v) is 6.55. The number of anilines is 2. The molecule has 0 saturated heterocycles. The summed E-state index contributed by atoms with van der Waals surface area (Å²) in [6, 6.07) is 28.6. The van der Waals surface area contributed by atoms with E-state index >= 15 is 0 Å². The Morgan fingerprint density at radius 2 is 0.860 bits per heavy atom. The Labute approximate surface area is 252 Å². The number of carbonyl (C=O) groups excluding carboxylic acids is 2. The van der Waals surface area contributed by atoms with Gasteiger partial charge in [0.15, 0.2) is 0 Å². The van der Waals surface area contributed by atoms with Crippen molar-refractivity contribution >= 4 is 43.2 Å². The molecule has 224 valence electrons. The van der Waals surface area contributed by atoms with E-state index in [1.807, 2.05) is 0 Å². The molecule has 0 fully saturated rings. The minimum atomic E-state index is -3.72. The number of hydrogen-bond donors (Lipinski definition) is 2. The summed E-state index contributed by atoms with van der Waals surface area (Å²) < 4.78 is 53.6. The maximum Gasteiger partial charge on any atom is 0.264 e. The number of hydrogen-bond acceptors (Lipinski definition) is 6. The lowest BCUT2D eigenvalue weighted by Gasteiger charge is -2.19. The molecule has 4 rings (SSSR count). The second-order valence-electron chi connectivity index (χ2n) is 9.53. The number of amides is 2. The highest BCUT2D eigenvalue weighted by Crippen LogP contribution is 2.23. The van der Waals surface area contributed by atoms with Gasteiger partial charge in [-0.2, -0.15) is 0 Å². The largest absolute Gasteiger partial charge is 0.352 e. The lowest BCUT2D eigenvalue weighted by Crippen LogP contribution is -2.30. The summed E-state index contributed by atoms with van der Waals surface area (Å²) in [5, 5.41) is 5.56. The Balaban J connectivity index is 1.22. The Hall–Kier alpha value is -4.68. The predicted molar refractivity (Wildman–Crippen MR) is 166 cm³/mol. The highest BCUT2D eigenvalue weighted by Gasteiger charge is 2.22. The summed E-state index contributed by atoms with van der Waals surface area (Å²) in [5.41, 5.74) is 1.58. The van der Waals surface area contributed by atoms with Crippen LogP contribution in [0.5, 0.6) is 0 Å². The molecule has 0 aliphatic rings. The van der Waals surface area contributed by atoms with Crippen molar-refractivity contribution in [3.05, 3.63) is 120 Å². The summed E-state index contributed by atoms with van der Waals surface area (Å²) in [7, 11) is -4.54. The molecule has 0 atom stereocenters. The van der Waals surface area contributed by atoms with Crippen LogP contribution in [0.25, 0.3) is 0 Å². The van der Waals surface area contributed by atoms with Crippen molar-refractivity contribution in [1.29, 1.82) is 0 Å². The molecule has 0 aliphatic heterocycles. The molecule has 0 radical (unpaired) electrons. The molecule has 10 nitrogen and oxygen atoms in total. The molecule has 0 spiro atoms. The van der Waals surface area contributed by atoms with Gasteiger partial charge in [-0.3, -0.25) is 18.2 Å². The number of carbonyl (C=O) groups is 2. The molecule has 0 unspecified atom stereocenters. The van der Waals surface area contributed by atoms with E-state index in [2.05, 4.69) is 10.6 Å². The van der Waals surface area contributed by atoms with Gasteiger partial charge in [-0.1, -0.05) is 36.4 Å². The minimum Gasteiger partial charge on any atom is -0.352 e. The van der Waals surface area contributed by atoms with Crippen LogP contribution in [0.4, 0.5) is 11.4 Å². The Morgan fingerprint density at radius 1 is 0.535 bits per heavy atom. The third-order valence-electron chi connectivity index (χ3n) is 6.71. The molecule has 0 saturated carbocycles. The molecule has 0 aromatic heterocycles. The van der Waals surface area contributed by atoms with Crippen LogP contribution in [0.1, 0.15) is 27.1 Å². The molecule has 43 heavy (non-hydrogen) atoms. The van der Waals surface area contributed by atoms with E-state index < -0.39 is 20.0 Å². The summed E-state index contributed by atoms with van der Waals surface area (Å²) in [4.78, 5) is 25.4. The van der Waals surface area contributed by atoms with Gasteiger partial charge in [0, 0.05) is 38.3 Å². The molecule has 2 N–H and O–H groups in total. The second-order valence-corrected chi connectivity index (χ2v) is 13.5. The summed E-state index contributed by atoms with van der Waals surface area (Å²) in [6.07, 6.45) is 0.476. The van der Waals surface area contributed by atoms with Crippen LogP contribution in [-0.2, 0) is 20.0 Å². The standard InChI is InChI=1S/C31H32N4O6S2/c1-34(42(38,39)28-10-5-3-6-11-28)26-18-14-24(15-19-26)30(36)32-22-9-23-33-31(37)25-16-20-27(21-17-25)35(2)43(40,41)29-12-7-4-8-13-29/h3-8,10-21H,9,22-23H2,1-2H3,(H,32,36)(H,33,37). The van der Waals surface area contributed by atoms with Crippen molar-refractivity contribution in [3.8, 4) is 0 Å². The van der Waals surface area contributed by atoms with E-state index in [1.165, 1.54) is 38.4 Å². The van der Waals surface area contributed by atoms with E-state index in [9.17, 15) is 26.4 Å². The van der Waals surface area contributed by atoms with Crippen LogP contribution in [0.15, 0.2) is 119 Å². The fraction of sp³-hybridized carbons (Fsp3) is 0.161. The molecule has 12 heteroatoms. The van der Waals surface area contributed by atoms with Gasteiger partial charge in [0.1, 0.15) is 0 Å². The first kappa shape index (κ1) is 31.3. The zero-order valence-electron chi connectivity index (χ0n) is 23.7. The van der Waals surface area contributed by atoms with Gasteiger partial charge < -0.3 is 10.6 Å². The maximum absolute atomic E-state index is 12.8. The summed E-state index contributed by atoms with van der Waals surface area (Å²) in [6.45, 7) is 0.620. The van der Waals surface area contributed by atoms with Gasteiger partial charge in [0.2, 0.25) is 0 Å². The van der Waals surface area contributed by atoms with Crippen molar-refractivity contribution < 1.29 is 26.4 Å². The molecule has 2 amide bonds. The van der Waals surface area contributed by atoms with Gasteiger partial charge in [-0.15, -0.1) is 0 Å². The highest BCUT2D eigenvalue weighted by molar-refractivity contribution is 7.93. The summed E-state index contributed by atoms with van der Waals surface area (Å²) >= 11 is 0. The van der Waals surface area contributed by atoms with Crippen molar-refractivity contribution in [2.75, 3.05) is 35.8 Å². The lowest BCUT2D eigenvalue weighted by atomic mass is 10.2. The first-order chi connectivity index (χ1) is 20.5. The van der Waals surface area contributed by atoms with E-state index in [0.29, 0.717) is 42.0 Å². The Bertz CT molecular complexity index is 1630. The van der Waals surface area contributed by atoms with Crippen LogP contribution in [0, 0.1) is 0 Å². The Morgan fingerprint density at radius 3 is 1.19 bits per heavy atom. The van der Waals surface area contributed by atoms with Crippen LogP contribution in [-0.4, -0.2) is 55.8 Å². The van der Waals surface area contributed by atoms with Gasteiger partial charge in [0.05, 0.1) is 21.2 Å². The first-order valence-electron chi connectivity index (χ1n) is 13.4. The minimum absolute atomic E-state index is 0.172. The SMILES string of the molecule is CN(c1ccc(C(=O)NCCCNC(=O)c2ccc(N(C)S(=O)(=O)c3ccccc3)cc2)cc1)S(=O)(=O)c1ccccc1. The lowest BCUT2D eigenvalue weighted by molar-refractivity contribution is 0.0951. The molecule has 0 bridgehead atoms. The van der Waals surface area contributed by atoms with E-state index in [0.717, 1.165) is 8.61 Å². The topological polar surface area (TPSA) is 133 Å². The number of nitrogens with one attached hydrogen (secondary N) is 2. The van der Waals surface area contributed by atoms with Gasteiger partial charge in [-0.25, -0.2) is 16.8 Å². The summed E-state index contributed by atoms with van der Waals surface area (Å²) in [5.74, 6) is -0.645. The van der Waals surface area contributed by atoms with E-state index in [1.54, 1.807) is 84.9 Å². The zero-order chi connectivity index (χ0) is 31.0. The maximum atomic E-state index is 12.8. The van der Waals surface area contributed by atoms with Gasteiger partial charge >= 0.3 is 0 Å². The average molecular weight is 621 g/mol. The smallest absolute Gasteiger partial charge is 0.264 e. The fourth-order valence-electron chi connectivity index (χ4n) is 4.12. The predicted octanol–water partition coefficient (Wildman–Crippen LogP) is 3.89. The van der Waals surface area contributed by atoms with Crippen molar-refractivity contribution in [2.24, 2.45) is 0 Å². The zero-order valence-corrected chi connectivity index (χ0v) is 25.3. The molecule has 0 aliphatic carbocycles. The quantitative estimate of drug-likeness (QED) is 0.231. The van der Waals surface area contributed by atoms with Gasteiger partial charge in [0.25, 0.3) is 31.9 Å². The molecule has 4 aromatic carbocycles. The second kappa shape index (κ2) is 13.5. The molecular weight excluding hydrogens is 588 g/mol. The first-order valence-corrected chi connectivity index (χ1v) is 16.2. The van der Waals surface area contributed by atoms with Crippen LogP contribution < -0.4 is 19.2 Å². The van der Waals surface area contributed by atoms with Crippen molar-refractivity contribution in [1.82, 2.24) is 10.6 Å². The van der Waals surface area contributed by atoms with E-state index in [4.69, 9.17) is 0 Å². The number of sulfonamides is 2. The third kappa shape index (κ3) is 7.40. The average Bonchev–Trinajstić information content (AvgIpc) is 3.04. The Kier molecular flexibility index (Phi) is 9.84. The van der Waals surface area contributed by atoms with Crippen LogP contribution >= 0.6 is 0 Å². The van der Waals surface area contributed by atoms with Crippen molar-refractivity contribution in [2.45, 2.75) is 16.2 Å². The van der Waals surface area contributed by atoms with Crippen LogP contribution in [0.3, 0.4) is 0 Å². The monoisotopic (exact) mass is 620 g/mol. The molecule has 4 aromatic rings. The normalized spacial score (nSPS) is 11.4.